The molecule has 2 atom stereocenters. The van der Waals surface area contributed by atoms with Crippen LogP contribution in [0.15, 0.2) is 24.3 Å². The smallest absolute Gasteiger partial charge is 0.387 e. The van der Waals surface area contributed by atoms with Crippen molar-refractivity contribution in [1.82, 2.24) is 0 Å². The van der Waals surface area contributed by atoms with Gasteiger partial charge in [0.15, 0.2) is 0 Å². The Bertz CT molecular complexity index is 344. The Hall–Kier alpha value is -1.32. The zero-order chi connectivity index (χ0) is 12.8. The summed E-state index contributed by atoms with van der Waals surface area (Å²) in [6.45, 7) is 3.46. The number of benzene rings is 1. The van der Waals surface area contributed by atoms with E-state index in [1.807, 2.05) is 6.92 Å². The summed E-state index contributed by atoms with van der Waals surface area (Å²) in [5, 5.41) is 3.21. The summed E-state index contributed by atoms with van der Waals surface area (Å²) >= 11 is 0. The Morgan fingerprint density at radius 3 is 2.47 bits per heavy atom. The van der Waals surface area contributed by atoms with Crippen LogP contribution in [0.2, 0.25) is 0 Å². The van der Waals surface area contributed by atoms with Gasteiger partial charge in [0.1, 0.15) is 5.75 Å². The maximum Gasteiger partial charge on any atom is 0.387 e. The summed E-state index contributed by atoms with van der Waals surface area (Å²) in [7, 11) is 0. The largest absolute Gasteiger partial charge is 0.433 e. The first-order valence-corrected chi connectivity index (χ1v) is 5.85. The van der Waals surface area contributed by atoms with E-state index in [-0.39, 0.29) is 11.8 Å². The molecule has 0 spiro atoms. The van der Waals surface area contributed by atoms with Gasteiger partial charge in [-0.15, -0.1) is 0 Å². The fraction of sp³-hybridized carbons (Fsp3) is 0.538. The van der Waals surface area contributed by atoms with Crippen molar-refractivity contribution < 1.29 is 13.5 Å². The lowest BCUT2D eigenvalue weighted by Gasteiger charge is -2.22. The quantitative estimate of drug-likeness (QED) is 0.811. The van der Waals surface area contributed by atoms with Crippen LogP contribution < -0.4 is 10.1 Å². The molecule has 0 saturated carbocycles. The van der Waals surface area contributed by atoms with Crippen molar-refractivity contribution in [3.8, 4) is 5.75 Å². The number of nitrogens with one attached hydrogen (secondary N) is 1. The van der Waals surface area contributed by atoms with Gasteiger partial charge in [-0.25, -0.2) is 0 Å². The van der Waals surface area contributed by atoms with Gasteiger partial charge >= 0.3 is 6.61 Å². The molecule has 1 aromatic rings. The van der Waals surface area contributed by atoms with Crippen LogP contribution in [0.5, 0.6) is 5.75 Å². The Morgan fingerprint density at radius 2 is 1.88 bits per heavy atom. The van der Waals surface area contributed by atoms with Gasteiger partial charge in [0.25, 0.3) is 0 Å². The molecule has 0 aromatic heterocycles. The fourth-order valence-electron chi connectivity index (χ4n) is 1.53. The van der Waals surface area contributed by atoms with Crippen LogP contribution >= 0.6 is 0 Å². The average Bonchev–Trinajstić information content (AvgIpc) is 2.29. The number of ether oxygens (including phenoxy) is 1. The molecule has 0 amide bonds. The minimum absolute atomic E-state index is 0.192. The van der Waals surface area contributed by atoms with Crippen molar-refractivity contribution in [1.29, 1.82) is 0 Å². The first-order valence-electron chi connectivity index (χ1n) is 5.85. The number of rotatable bonds is 6. The number of para-hydroxylation sites is 2. The Labute approximate surface area is 101 Å². The van der Waals surface area contributed by atoms with Crippen LogP contribution in [0.1, 0.15) is 27.2 Å². The Balaban J connectivity index is 2.76. The Kier molecular flexibility index (Phi) is 5.19. The van der Waals surface area contributed by atoms with E-state index in [1.54, 1.807) is 18.2 Å². The third-order valence-corrected chi connectivity index (χ3v) is 2.98. The van der Waals surface area contributed by atoms with Gasteiger partial charge in [0, 0.05) is 6.04 Å². The summed E-state index contributed by atoms with van der Waals surface area (Å²) < 4.78 is 28.9. The van der Waals surface area contributed by atoms with Crippen LogP contribution in [0.3, 0.4) is 0 Å². The highest BCUT2D eigenvalue weighted by Gasteiger charge is 2.14. The minimum Gasteiger partial charge on any atom is -0.433 e. The number of alkyl halides is 2. The molecular formula is C13H19F2NO. The highest BCUT2D eigenvalue weighted by atomic mass is 19.3. The average molecular weight is 243 g/mol. The number of anilines is 1. The SMILES string of the molecule is CCC(C)C(C)Nc1ccccc1OC(F)F. The number of hydrogen-bond donors (Lipinski definition) is 1. The lowest BCUT2D eigenvalue weighted by Crippen LogP contribution is -2.23. The summed E-state index contributed by atoms with van der Waals surface area (Å²) in [5.41, 5.74) is 0.612. The minimum atomic E-state index is -2.79. The van der Waals surface area contributed by atoms with Crippen LogP contribution in [0, 0.1) is 5.92 Å². The predicted molar refractivity (Wildman–Crippen MR) is 65.6 cm³/mol. The van der Waals surface area contributed by atoms with E-state index in [9.17, 15) is 8.78 Å². The molecule has 0 aliphatic rings. The molecule has 0 aliphatic carbocycles. The molecule has 0 bridgehead atoms. The van der Waals surface area contributed by atoms with E-state index in [2.05, 4.69) is 23.9 Å². The van der Waals surface area contributed by atoms with Gasteiger partial charge in [-0.2, -0.15) is 8.78 Å². The van der Waals surface area contributed by atoms with Gasteiger partial charge in [0.05, 0.1) is 5.69 Å². The highest BCUT2D eigenvalue weighted by molar-refractivity contribution is 5.56. The first kappa shape index (κ1) is 13.7. The van der Waals surface area contributed by atoms with Gasteiger partial charge in [-0.05, 0) is 25.0 Å². The third kappa shape index (κ3) is 4.21. The normalized spacial score (nSPS) is 14.5. The molecule has 0 heterocycles. The predicted octanol–water partition coefficient (Wildman–Crippen LogP) is 4.13. The molecular weight excluding hydrogens is 224 g/mol. The number of halogens is 2. The molecule has 0 saturated heterocycles. The summed E-state index contributed by atoms with van der Waals surface area (Å²) in [6, 6.07) is 6.97. The second-order valence-corrected chi connectivity index (χ2v) is 4.19. The molecule has 1 aromatic carbocycles. The van der Waals surface area contributed by atoms with E-state index in [0.29, 0.717) is 11.6 Å². The number of hydrogen-bond acceptors (Lipinski definition) is 2. The highest BCUT2D eigenvalue weighted by Crippen LogP contribution is 2.27. The van der Waals surface area contributed by atoms with Crippen LogP contribution in [-0.2, 0) is 0 Å². The summed E-state index contributed by atoms with van der Waals surface area (Å²) in [6.07, 6.45) is 1.03. The van der Waals surface area contributed by atoms with Gasteiger partial charge in [-0.3, -0.25) is 0 Å². The van der Waals surface area contributed by atoms with Crippen molar-refractivity contribution in [2.45, 2.75) is 39.8 Å². The van der Waals surface area contributed by atoms with Gasteiger partial charge in [0.2, 0.25) is 0 Å². The fourth-order valence-corrected chi connectivity index (χ4v) is 1.53. The van der Waals surface area contributed by atoms with E-state index in [4.69, 9.17) is 0 Å². The summed E-state index contributed by atoms with van der Waals surface area (Å²) in [4.78, 5) is 0. The van der Waals surface area contributed by atoms with Gasteiger partial charge < -0.3 is 10.1 Å². The van der Waals surface area contributed by atoms with Crippen molar-refractivity contribution in [2.24, 2.45) is 5.92 Å². The lowest BCUT2D eigenvalue weighted by molar-refractivity contribution is -0.0493. The van der Waals surface area contributed by atoms with Crippen LogP contribution in [0.25, 0.3) is 0 Å². The maximum absolute atomic E-state index is 12.2. The monoisotopic (exact) mass is 243 g/mol. The molecule has 2 nitrogen and oxygen atoms in total. The standard InChI is InChI=1S/C13H19F2NO/c1-4-9(2)10(3)16-11-7-5-6-8-12(11)17-13(14)15/h5-10,13,16H,4H2,1-3H3. The molecule has 96 valence electrons. The van der Waals surface area contributed by atoms with Crippen LogP contribution in [0.4, 0.5) is 14.5 Å². The molecule has 2 unspecified atom stereocenters. The molecule has 0 radical (unpaired) electrons. The van der Waals surface area contributed by atoms with E-state index in [1.165, 1.54) is 6.07 Å². The van der Waals surface area contributed by atoms with E-state index in [0.717, 1.165) is 6.42 Å². The zero-order valence-electron chi connectivity index (χ0n) is 10.4. The van der Waals surface area contributed by atoms with E-state index < -0.39 is 6.61 Å². The second-order valence-electron chi connectivity index (χ2n) is 4.19. The molecule has 17 heavy (non-hydrogen) atoms. The Morgan fingerprint density at radius 1 is 1.24 bits per heavy atom. The van der Waals surface area contributed by atoms with Crippen molar-refractivity contribution in [3.63, 3.8) is 0 Å². The van der Waals surface area contributed by atoms with Gasteiger partial charge in [-0.1, -0.05) is 32.4 Å². The molecule has 1 rings (SSSR count). The van der Waals surface area contributed by atoms with Crippen LogP contribution in [-0.4, -0.2) is 12.7 Å². The lowest BCUT2D eigenvalue weighted by atomic mass is 10.0. The van der Waals surface area contributed by atoms with Crippen molar-refractivity contribution in [3.05, 3.63) is 24.3 Å². The maximum atomic E-state index is 12.2. The second kappa shape index (κ2) is 6.42. The van der Waals surface area contributed by atoms with Crippen molar-refractivity contribution in [2.75, 3.05) is 5.32 Å². The van der Waals surface area contributed by atoms with Crippen molar-refractivity contribution >= 4 is 5.69 Å². The molecule has 0 fully saturated rings. The van der Waals surface area contributed by atoms with E-state index >= 15 is 0 Å². The molecule has 4 heteroatoms. The third-order valence-electron chi connectivity index (χ3n) is 2.98. The zero-order valence-corrected chi connectivity index (χ0v) is 10.4. The first-order chi connectivity index (χ1) is 8.04. The topological polar surface area (TPSA) is 21.3 Å². The molecule has 1 N–H and O–H groups in total. The summed E-state index contributed by atoms with van der Waals surface area (Å²) in [5.74, 6) is 0.659. The molecule has 0 aliphatic heterocycles.